The lowest BCUT2D eigenvalue weighted by molar-refractivity contribution is -0.695. The van der Waals surface area contributed by atoms with Gasteiger partial charge in [-0.2, -0.15) is 0 Å². The van der Waals surface area contributed by atoms with Crippen LogP contribution >= 0.6 is 15.9 Å². The summed E-state index contributed by atoms with van der Waals surface area (Å²) in [6.45, 7) is 0.827. The Bertz CT molecular complexity index is 1240. The number of non-ortho nitro benzene ring substituents is 1. The molecule has 168 valence electrons. The first-order valence-electron chi connectivity index (χ1n) is 10.2. The van der Waals surface area contributed by atoms with Gasteiger partial charge in [0.15, 0.2) is 0 Å². The number of H-pyrrole nitrogens is 1. The Morgan fingerprint density at radius 2 is 1.97 bits per heavy atom. The number of aromatic amines is 1. The molecule has 1 saturated heterocycles. The molecule has 4 rings (SSSR count). The topological polar surface area (TPSA) is 120 Å². The van der Waals surface area contributed by atoms with Gasteiger partial charge in [0.1, 0.15) is 18.2 Å². The predicted molar refractivity (Wildman–Crippen MR) is 122 cm³/mol. The lowest BCUT2D eigenvalue weighted by atomic mass is 9.95. The number of amides is 1. The van der Waals surface area contributed by atoms with E-state index in [1.165, 1.54) is 23.1 Å². The number of rotatable bonds is 7. The number of benzene rings is 2. The van der Waals surface area contributed by atoms with E-state index in [0.717, 1.165) is 4.47 Å². The van der Waals surface area contributed by atoms with Gasteiger partial charge < -0.3 is 10.0 Å². The minimum absolute atomic E-state index is 0.0860. The van der Waals surface area contributed by atoms with Crippen molar-refractivity contribution < 1.29 is 24.2 Å². The summed E-state index contributed by atoms with van der Waals surface area (Å²) in [6.07, 6.45) is 5.94. The average molecular weight is 512 g/mol. The highest BCUT2D eigenvalue weighted by atomic mass is 79.9. The van der Waals surface area contributed by atoms with Crippen molar-refractivity contribution in [3.05, 3.63) is 98.5 Å². The number of carbonyl (C=O) groups excluding carboxylic acids is 2. The van der Waals surface area contributed by atoms with E-state index >= 15 is 0 Å². The van der Waals surface area contributed by atoms with Crippen LogP contribution in [0.1, 0.15) is 23.6 Å². The number of likely N-dealkylation sites (tertiary alicyclic amines) is 1. The maximum atomic E-state index is 13.0. The fourth-order valence-corrected chi connectivity index (χ4v) is 4.18. The smallest absolute Gasteiger partial charge is 0.295 e. The van der Waals surface area contributed by atoms with Gasteiger partial charge in [0.25, 0.3) is 17.4 Å². The van der Waals surface area contributed by atoms with E-state index in [1.54, 1.807) is 42.9 Å². The first-order chi connectivity index (χ1) is 15.9. The van der Waals surface area contributed by atoms with Crippen LogP contribution in [-0.4, -0.2) is 38.1 Å². The fraction of sp³-hybridized carbons (Fsp3) is 0.174. The number of nitro benzene ring substituents is 1. The number of halogens is 1. The van der Waals surface area contributed by atoms with Gasteiger partial charge in [-0.05, 0) is 17.7 Å². The van der Waals surface area contributed by atoms with Crippen molar-refractivity contribution in [3.8, 4) is 0 Å². The van der Waals surface area contributed by atoms with Gasteiger partial charge >= 0.3 is 0 Å². The Labute approximate surface area is 197 Å². The number of Topliss-reactive ketones (excluding diaryl/α,β-unsaturated/α-hetero) is 1. The summed E-state index contributed by atoms with van der Waals surface area (Å²) in [7, 11) is 0. The van der Waals surface area contributed by atoms with E-state index in [1.807, 2.05) is 10.8 Å². The molecule has 1 aliphatic rings. The number of aromatic nitrogens is 2. The standard InChI is InChI=1S/C23H19BrN4O5/c24-17-7-5-15(6-8-17)21(29)19-20(16-3-1-4-18(13-16)28(32)33)27(23(31)22(19)30)11-2-10-26-12-9-25-14-26/h1,3-9,12-14,20H,2,10-11H2,(H,29,30)/p+1. The molecule has 1 amide bonds. The van der Waals surface area contributed by atoms with Gasteiger partial charge in [-0.1, -0.05) is 40.2 Å². The van der Waals surface area contributed by atoms with Crippen LogP contribution in [0.2, 0.25) is 0 Å². The fourth-order valence-electron chi connectivity index (χ4n) is 3.91. The maximum absolute atomic E-state index is 13.0. The van der Waals surface area contributed by atoms with E-state index in [2.05, 4.69) is 20.9 Å². The molecule has 1 fully saturated rings. The third-order valence-corrected chi connectivity index (χ3v) is 6.00. The molecule has 9 nitrogen and oxygen atoms in total. The van der Waals surface area contributed by atoms with Crippen LogP contribution in [0.25, 0.3) is 5.76 Å². The number of aliphatic hydroxyl groups excluding tert-OH is 1. The number of hydrogen-bond donors (Lipinski definition) is 2. The lowest BCUT2D eigenvalue weighted by Crippen LogP contribution is -2.36. The zero-order chi connectivity index (χ0) is 23.5. The van der Waals surface area contributed by atoms with Gasteiger partial charge in [0, 0.05) is 35.1 Å². The van der Waals surface area contributed by atoms with E-state index < -0.39 is 22.7 Å². The van der Waals surface area contributed by atoms with Crippen LogP contribution in [0.4, 0.5) is 5.69 Å². The van der Waals surface area contributed by atoms with Gasteiger partial charge in [0.05, 0.1) is 23.1 Å². The molecule has 2 N–H and O–H groups in total. The lowest BCUT2D eigenvalue weighted by Gasteiger charge is -2.25. The molecule has 2 heterocycles. The highest BCUT2D eigenvalue weighted by Gasteiger charge is 2.46. The molecule has 1 aliphatic heterocycles. The first kappa shape index (κ1) is 22.4. The molecular weight excluding hydrogens is 492 g/mol. The Kier molecular flexibility index (Phi) is 6.36. The van der Waals surface area contributed by atoms with E-state index in [4.69, 9.17) is 0 Å². The number of imidazole rings is 1. The molecule has 3 aromatic rings. The zero-order valence-corrected chi connectivity index (χ0v) is 18.9. The minimum Gasteiger partial charge on any atom is -0.507 e. The second kappa shape index (κ2) is 9.37. The molecule has 0 bridgehead atoms. The summed E-state index contributed by atoms with van der Waals surface area (Å²) in [5.41, 5.74) is 0.507. The normalized spacial score (nSPS) is 17.5. The van der Waals surface area contributed by atoms with Crippen molar-refractivity contribution in [3.63, 3.8) is 0 Å². The average Bonchev–Trinajstić information content (AvgIpc) is 3.41. The number of nitrogens with zero attached hydrogens (tertiary/aromatic N) is 3. The minimum atomic E-state index is -0.940. The zero-order valence-electron chi connectivity index (χ0n) is 17.3. The number of hydrogen-bond acceptors (Lipinski definition) is 5. The highest BCUT2D eigenvalue weighted by molar-refractivity contribution is 9.10. The van der Waals surface area contributed by atoms with E-state index in [-0.39, 0.29) is 23.6 Å². The third-order valence-electron chi connectivity index (χ3n) is 5.47. The second-order valence-electron chi connectivity index (χ2n) is 7.55. The Balaban J connectivity index is 1.76. The summed E-state index contributed by atoms with van der Waals surface area (Å²) in [4.78, 5) is 41.1. The molecule has 2 aromatic carbocycles. The molecule has 1 aromatic heterocycles. The summed E-state index contributed by atoms with van der Waals surface area (Å²) in [6, 6.07) is 11.5. The predicted octanol–water partition coefficient (Wildman–Crippen LogP) is 3.48. The van der Waals surface area contributed by atoms with Gasteiger partial charge in [-0.15, -0.1) is 0 Å². The molecule has 1 unspecified atom stereocenters. The molecule has 0 spiro atoms. The van der Waals surface area contributed by atoms with Gasteiger partial charge in [0.2, 0.25) is 6.33 Å². The second-order valence-corrected chi connectivity index (χ2v) is 8.47. The summed E-state index contributed by atoms with van der Waals surface area (Å²) >= 11 is 3.33. The van der Waals surface area contributed by atoms with E-state index in [0.29, 0.717) is 24.1 Å². The largest absolute Gasteiger partial charge is 0.507 e. The molecule has 0 aliphatic carbocycles. The number of aliphatic hydroxyl groups is 1. The van der Waals surface area contributed by atoms with Crippen molar-refractivity contribution in [1.29, 1.82) is 0 Å². The SMILES string of the molecule is O=C1C(=O)N(CCC[n+]2cc[nH]c2)C(c2cccc([N+](=O)[O-])c2)/C1=C(\O)c1ccc(Br)cc1. The van der Waals surface area contributed by atoms with Crippen molar-refractivity contribution in [1.82, 2.24) is 9.88 Å². The third kappa shape index (κ3) is 4.56. The summed E-state index contributed by atoms with van der Waals surface area (Å²) in [5, 5.41) is 22.4. The first-order valence-corrected chi connectivity index (χ1v) is 11.0. The molecule has 10 heteroatoms. The Morgan fingerprint density at radius 3 is 2.64 bits per heavy atom. The molecule has 0 radical (unpaired) electrons. The quantitative estimate of drug-likeness (QED) is 0.125. The summed E-state index contributed by atoms with van der Waals surface area (Å²) in [5.74, 6) is -1.88. The van der Waals surface area contributed by atoms with Gasteiger partial charge in [-0.25, -0.2) is 4.57 Å². The van der Waals surface area contributed by atoms with Crippen LogP contribution < -0.4 is 4.57 Å². The number of aryl methyl sites for hydroxylation is 1. The van der Waals surface area contributed by atoms with Crippen molar-refractivity contribution in [2.24, 2.45) is 0 Å². The molecular formula is C23H20BrN4O5+. The van der Waals surface area contributed by atoms with Crippen LogP contribution in [0.3, 0.4) is 0 Å². The number of carbonyl (C=O) groups is 2. The molecule has 0 saturated carbocycles. The van der Waals surface area contributed by atoms with E-state index in [9.17, 15) is 24.8 Å². The molecule has 33 heavy (non-hydrogen) atoms. The van der Waals surface area contributed by atoms with Crippen molar-refractivity contribution in [2.45, 2.75) is 19.0 Å². The van der Waals surface area contributed by atoms with Crippen LogP contribution in [0, 0.1) is 10.1 Å². The highest BCUT2D eigenvalue weighted by Crippen LogP contribution is 2.40. The van der Waals surface area contributed by atoms with Crippen molar-refractivity contribution >= 4 is 39.1 Å². The maximum Gasteiger partial charge on any atom is 0.295 e. The van der Waals surface area contributed by atoms with Gasteiger partial charge in [-0.3, -0.25) is 24.7 Å². The van der Waals surface area contributed by atoms with Crippen LogP contribution in [0.5, 0.6) is 0 Å². The van der Waals surface area contributed by atoms with Crippen LogP contribution in [-0.2, 0) is 16.1 Å². The summed E-state index contributed by atoms with van der Waals surface area (Å²) < 4.78 is 2.69. The van der Waals surface area contributed by atoms with Crippen LogP contribution in [0.15, 0.2) is 77.3 Å². The Hall–Kier alpha value is -3.79. The van der Waals surface area contributed by atoms with Crippen molar-refractivity contribution in [2.75, 3.05) is 6.54 Å². The number of ketones is 1. The molecule has 1 atom stereocenters. The number of nitro groups is 1. The monoisotopic (exact) mass is 511 g/mol. The number of nitrogens with one attached hydrogen (secondary N) is 1. The Morgan fingerprint density at radius 1 is 1.21 bits per heavy atom.